The van der Waals surface area contributed by atoms with Crippen LogP contribution in [0.25, 0.3) is 0 Å². The minimum Gasteiger partial charge on any atom is -0.370 e. The van der Waals surface area contributed by atoms with E-state index in [1.807, 2.05) is 30.3 Å². The molecule has 2 rings (SSSR count). The first kappa shape index (κ1) is 13.6. The van der Waals surface area contributed by atoms with E-state index in [0.29, 0.717) is 6.54 Å². The molecule has 0 bridgehead atoms. The third-order valence-electron chi connectivity index (χ3n) is 2.59. The first-order valence-electron chi connectivity index (χ1n) is 6.32. The van der Waals surface area contributed by atoms with E-state index in [1.54, 1.807) is 6.33 Å². The van der Waals surface area contributed by atoms with E-state index in [-0.39, 0.29) is 0 Å². The van der Waals surface area contributed by atoms with Crippen molar-refractivity contribution >= 4 is 23.2 Å². The molecule has 0 unspecified atom stereocenters. The number of halogens is 1. The van der Waals surface area contributed by atoms with Crippen molar-refractivity contribution in [1.29, 1.82) is 0 Å². The number of nitrogens with zero attached hydrogens (tertiary/aromatic N) is 2. The molecule has 0 fully saturated rings. The van der Waals surface area contributed by atoms with Crippen LogP contribution in [0.15, 0.2) is 36.7 Å². The Morgan fingerprint density at radius 3 is 2.63 bits per heavy atom. The second-order valence-corrected chi connectivity index (χ2v) is 4.64. The monoisotopic (exact) mass is 276 g/mol. The van der Waals surface area contributed by atoms with Crippen LogP contribution in [0.3, 0.4) is 0 Å². The highest BCUT2D eigenvalue weighted by Gasteiger charge is 1.99. The van der Waals surface area contributed by atoms with Gasteiger partial charge < -0.3 is 10.6 Å². The summed E-state index contributed by atoms with van der Waals surface area (Å²) in [6, 6.07) is 9.67. The summed E-state index contributed by atoms with van der Waals surface area (Å²) in [5.41, 5.74) is 1.12. The average molecular weight is 277 g/mol. The quantitative estimate of drug-likeness (QED) is 0.847. The largest absolute Gasteiger partial charge is 0.370 e. The average Bonchev–Trinajstić information content (AvgIpc) is 2.43. The van der Waals surface area contributed by atoms with Gasteiger partial charge in [0.2, 0.25) is 0 Å². The van der Waals surface area contributed by atoms with Crippen LogP contribution in [0.5, 0.6) is 0 Å². The lowest BCUT2D eigenvalue weighted by Gasteiger charge is -2.08. The summed E-state index contributed by atoms with van der Waals surface area (Å²) in [5, 5.41) is 7.23. The fourth-order valence-corrected chi connectivity index (χ4v) is 1.86. The van der Waals surface area contributed by atoms with Gasteiger partial charge in [0, 0.05) is 24.2 Å². The maximum absolute atomic E-state index is 5.95. The summed E-state index contributed by atoms with van der Waals surface area (Å²) in [5.74, 6) is 1.64. The van der Waals surface area contributed by atoms with Crippen LogP contribution < -0.4 is 10.6 Å². The lowest BCUT2D eigenvalue weighted by molar-refractivity contribution is 0.963. The molecule has 2 aromatic rings. The molecule has 4 nitrogen and oxygen atoms in total. The second-order valence-electron chi connectivity index (χ2n) is 4.20. The van der Waals surface area contributed by atoms with Crippen LogP contribution in [-0.4, -0.2) is 16.5 Å². The highest BCUT2D eigenvalue weighted by Crippen LogP contribution is 2.13. The third-order valence-corrected chi connectivity index (χ3v) is 2.82. The summed E-state index contributed by atoms with van der Waals surface area (Å²) in [4.78, 5) is 8.35. The van der Waals surface area contributed by atoms with Gasteiger partial charge in [0.05, 0.1) is 0 Å². The van der Waals surface area contributed by atoms with Crippen LogP contribution in [0.4, 0.5) is 11.6 Å². The van der Waals surface area contributed by atoms with Crippen molar-refractivity contribution in [1.82, 2.24) is 9.97 Å². The molecule has 5 heteroatoms. The number of benzene rings is 1. The van der Waals surface area contributed by atoms with Crippen molar-refractivity contribution in [3.05, 3.63) is 47.2 Å². The van der Waals surface area contributed by atoms with Gasteiger partial charge in [-0.1, -0.05) is 30.7 Å². The zero-order valence-corrected chi connectivity index (χ0v) is 11.6. The molecule has 19 heavy (non-hydrogen) atoms. The number of aromatic nitrogens is 2. The number of hydrogen-bond donors (Lipinski definition) is 2. The normalized spacial score (nSPS) is 10.2. The van der Waals surface area contributed by atoms with Crippen molar-refractivity contribution < 1.29 is 0 Å². The van der Waals surface area contributed by atoms with Gasteiger partial charge in [0.15, 0.2) is 0 Å². The summed E-state index contributed by atoms with van der Waals surface area (Å²) in [6.07, 6.45) is 2.62. The second kappa shape index (κ2) is 6.95. The van der Waals surface area contributed by atoms with E-state index in [0.717, 1.165) is 35.2 Å². The van der Waals surface area contributed by atoms with E-state index in [1.165, 1.54) is 0 Å². The lowest BCUT2D eigenvalue weighted by atomic mass is 10.2. The summed E-state index contributed by atoms with van der Waals surface area (Å²) in [7, 11) is 0. The van der Waals surface area contributed by atoms with E-state index in [9.17, 15) is 0 Å². The number of rotatable bonds is 6. The Hall–Kier alpha value is -1.81. The third kappa shape index (κ3) is 4.41. The Morgan fingerprint density at radius 2 is 1.89 bits per heavy atom. The molecule has 100 valence electrons. The summed E-state index contributed by atoms with van der Waals surface area (Å²) in [6.45, 7) is 3.71. The molecule has 0 aliphatic carbocycles. The molecular weight excluding hydrogens is 260 g/mol. The number of anilines is 2. The van der Waals surface area contributed by atoms with Crippen molar-refractivity contribution in [2.45, 2.75) is 19.9 Å². The van der Waals surface area contributed by atoms with Crippen molar-refractivity contribution in [3.63, 3.8) is 0 Å². The topological polar surface area (TPSA) is 49.8 Å². The Bertz CT molecular complexity index is 530. The molecule has 0 saturated heterocycles. The highest BCUT2D eigenvalue weighted by atomic mass is 35.5. The van der Waals surface area contributed by atoms with Crippen molar-refractivity contribution in [2.24, 2.45) is 0 Å². The fraction of sp³-hybridized carbons (Fsp3) is 0.286. The van der Waals surface area contributed by atoms with Gasteiger partial charge >= 0.3 is 0 Å². The molecule has 1 aromatic carbocycles. The van der Waals surface area contributed by atoms with Crippen LogP contribution in [0.2, 0.25) is 5.02 Å². The van der Waals surface area contributed by atoms with Crippen LogP contribution in [0, 0.1) is 0 Å². The Balaban J connectivity index is 1.95. The SMILES string of the molecule is CCCNc1cc(NCc2cccc(Cl)c2)ncn1. The molecule has 0 atom stereocenters. The van der Waals surface area contributed by atoms with Crippen LogP contribution in [-0.2, 0) is 6.54 Å². The smallest absolute Gasteiger partial charge is 0.131 e. The van der Waals surface area contributed by atoms with Gasteiger partial charge in [-0.25, -0.2) is 9.97 Å². The van der Waals surface area contributed by atoms with Gasteiger partial charge in [-0.15, -0.1) is 0 Å². The van der Waals surface area contributed by atoms with Gasteiger partial charge in [-0.2, -0.15) is 0 Å². The molecule has 0 aliphatic heterocycles. The summed E-state index contributed by atoms with van der Waals surface area (Å²) < 4.78 is 0. The fourth-order valence-electron chi connectivity index (χ4n) is 1.64. The van der Waals surface area contributed by atoms with E-state index in [2.05, 4.69) is 27.5 Å². The summed E-state index contributed by atoms with van der Waals surface area (Å²) >= 11 is 5.95. The van der Waals surface area contributed by atoms with Crippen LogP contribution in [0.1, 0.15) is 18.9 Å². The predicted molar refractivity (Wildman–Crippen MR) is 79.6 cm³/mol. The number of nitrogens with one attached hydrogen (secondary N) is 2. The van der Waals surface area contributed by atoms with E-state index in [4.69, 9.17) is 11.6 Å². The molecule has 0 amide bonds. The lowest BCUT2D eigenvalue weighted by Crippen LogP contribution is -2.05. The first-order chi connectivity index (χ1) is 9.28. The van der Waals surface area contributed by atoms with Gasteiger partial charge in [0.25, 0.3) is 0 Å². The molecule has 1 heterocycles. The first-order valence-corrected chi connectivity index (χ1v) is 6.70. The van der Waals surface area contributed by atoms with Crippen molar-refractivity contribution in [3.8, 4) is 0 Å². The zero-order chi connectivity index (χ0) is 13.5. The van der Waals surface area contributed by atoms with Gasteiger partial charge in [-0.3, -0.25) is 0 Å². The minimum absolute atomic E-state index is 0.685. The Morgan fingerprint density at radius 1 is 1.11 bits per heavy atom. The molecule has 0 aliphatic rings. The zero-order valence-electron chi connectivity index (χ0n) is 10.9. The van der Waals surface area contributed by atoms with E-state index >= 15 is 0 Å². The highest BCUT2D eigenvalue weighted by molar-refractivity contribution is 6.30. The molecule has 1 aromatic heterocycles. The Labute approximate surface area is 118 Å². The van der Waals surface area contributed by atoms with E-state index < -0.39 is 0 Å². The Kier molecular flexibility index (Phi) is 4.98. The molecule has 0 radical (unpaired) electrons. The number of hydrogen-bond acceptors (Lipinski definition) is 4. The maximum atomic E-state index is 5.95. The van der Waals surface area contributed by atoms with Gasteiger partial charge in [0.1, 0.15) is 18.0 Å². The molecule has 2 N–H and O–H groups in total. The molecular formula is C14H17ClN4. The molecule has 0 saturated carbocycles. The molecule has 0 spiro atoms. The maximum Gasteiger partial charge on any atom is 0.131 e. The predicted octanol–water partition coefficient (Wildman–Crippen LogP) is 3.56. The minimum atomic E-state index is 0.685. The van der Waals surface area contributed by atoms with Gasteiger partial charge in [-0.05, 0) is 24.1 Å². The van der Waals surface area contributed by atoms with Crippen LogP contribution >= 0.6 is 11.6 Å². The standard InChI is InChI=1S/C14H17ClN4/c1-2-6-16-13-8-14(19-10-18-13)17-9-11-4-3-5-12(15)7-11/h3-5,7-8,10H,2,6,9H2,1H3,(H2,16,17,18,19). The van der Waals surface area contributed by atoms with Crippen molar-refractivity contribution in [2.75, 3.05) is 17.2 Å².